The van der Waals surface area contributed by atoms with Crippen LogP contribution >= 0.6 is 0 Å². The lowest BCUT2D eigenvalue weighted by Gasteiger charge is -2.32. The first-order chi connectivity index (χ1) is 20.1. The van der Waals surface area contributed by atoms with Gasteiger partial charge < -0.3 is 23.5 Å². The molecule has 0 bridgehead atoms. The first-order valence-corrected chi connectivity index (χ1v) is 14.2. The SMILES string of the molecule is O=C(O)c1ccc2nc(CN3CCC(c4cccc(OCc5cccn6ccnc56)n4)CC3)n(CC3CCO3)c2c1. The number of likely N-dealkylation sites (tertiary alicyclic amines) is 1. The van der Waals surface area contributed by atoms with Gasteiger partial charge in [-0.15, -0.1) is 0 Å². The molecule has 4 aromatic heterocycles. The second-order valence-corrected chi connectivity index (χ2v) is 10.9. The van der Waals surface area contributed by atoms with Crippen LogP contribution in [0.15, 0.2) is 67.1 Å². The second-order valence-electron chi connectivity index (χ2n) is 10.9. The van der Waals surface area contributed by atoms with Crippen LogP contribution in [0.3, 0.4) is 0 Å². The highest BCUT2D eigenvalue weighted by Crippen LogP contribution is 2.30. The maximum Gasteiger partial charge on any atom is 0.335 e. The van der Waals surface area contributed by atoms with Gasteiger partial charge in [-0.3, -0.25) is 4.90 Å². The molecule has 6 heterocycles. The molecule has 2 aliphatic rings. The zero-order valence-corrected chi connectivity index (χ0v) is 22.7. The fraction of sp³-hybridized carbons (Fsp3) is 0.355. The average molecular weight is 553 g/mol. The Hall–Kier alpha value is -4.28. The minimum Gasteiger partial charge on any atom is -0.478 e. The van der Waals surface area contributed by atoms with Crippen molar-refractivity contribution in [2.24, 2.45) is 0 Å². The third-order valence-electron chi connectivity index (χ3n) is 8.25. The van der Waals surface area contributed by atoms with Crippen LogP contribution in [0.4, 0.5) is 0 Å². The molecule has 2 aliphatic heterocycles. The molecule has 210 valence electrons. The number of ether oxygens (including phenoxy) is 2. The summed E-state index contributed by atoms with van der Waals surface area (Å²) < 4.78 is 15.9. The third-order valence-corrected chi connectivity index (χ3v) is 8.25. The summed E-state index contributed by atoms with van der Waals surface area (Å²) in [6.45, 7) is 4.47. The van der Waals surface area contributed by atoms with Crippen molar-refractivity contribution in [2.75, 3.05) is 19.7 Å². The Kier molecular flexibility index (Phi) is 6.85. The minimum atomic E-state index is -0.929. The molecule has 0 saturated carbocycles. The summed E-state index contributed by atoms with van der Waals surface area (Å²) in [5.41, 5.74) is 4.94. The molecule has 0 amide bonds. The summed E-state index contributed by atoms with van der Waals surface area (Å²) in [4.78, 5) is 28.2. The summed E-state index contributed by atoms with van der Waals surface area (Å²) in [6.07, 6.45) is 8.86. The van der Waals surface area contributed by atoms with E-state index in [1.807, 2.05) is 47.1 Å². The highest BCUT2D eigenvalue weighted by atomic mass is 16.5. The maximum atomic E-state index is 11.6. The van der Waals surface area contributed by atoms with E-state index in [1.165, 1.54) is 0 Å². The Morgan fingerprint density at radius 2 is 1.93 bits per heavy atom. The van der Waals surface area contributed by atoms with E-state index >= 15 is 0 Å². The lowest BCUT2D eigenvalue weighted by Crippen LogP contribution is -2.35. The highest BCUT2D eigenvalue weighted by Gasteiger charge is 2.26. The van der Waals surface area contributed by atoms with E-state index in [4.69, 9.17) is 19.4 Å². The number of carboxylic acid groups (broad SMARTS) is 1. The van der Waals surface area contributed by atoms with Crippen LogP contribution in [0, 0.1) is 0 Å². The summed E-state index contributed by atoms with van der Waals surface area (Å²) in [5.74, 6) is 1.02. The molecule has 0 radical (unpaired) electrons. The summed E-state index contributed by atoms with van der Waals surface area (Å²) in [7, 11) is 0. The van der Waals surface area contributed by atoms with Crippen LogP contribution < -0.4 is 4.74 Å². The molecule has 41 heavy (non-hydrogen) atoms. The normalized spacial score (nSPS) is 18.1. The number of aromatic nitrogens is 5. The van der Waals surface area contributed by atoms with Gasteiger partial charge in [0.05, 0.1) is 35.8 Å². The van der Waals surface area contributed by atoms with E-state index in [2.05, 4.69) is 20.5 Å². The van der Waals surface area contributed by atoms with Gasteiger partial charge >= 0.3 is 5.97 Å². The zero-order chi connectivity index (χ0) is 27.8. The standard InChI is InChI=1S/C31H32N6O4/c38-31(39)22-6-7-26-27(17-22)37(18-24-10-16-40-24)28(33-26)19-35-13-8-21(9-14-35)25-4-1-5-29(34-25)41-20-23-3-2-12-36-15-11-32-30(23)36/h1-7,11-12,15,17,21,24H,8-10,13-14,16,18-20H2,(H,38,39). The Balaban J connectivity index is 1.01. The van der Waals surface area contributed by atoms with Gasteiger partial charge in [0.2, 0.25) is 5.88 Å². The van der Waals surface area contributed by atoms with E-state index in [0.29, 0.717) is 31.5 Å². The average Bonchev–Trinajstić information content (AvgIpc) is 3.59. The Bertz CT molecular complexity index is 1700. The van der Waals surface area contributed by atoms with E-state index in [-0.39, 0.29) is 11.7 Å². The molecule has 5 aromatic rings. The van der Waals surface area contributed by atoms with Gasteiger partial charge in [-0.1, -0.05) is 12.1 Å². The monoisotopic (exact) mass is 552 g/mol. The molecule has 10 nitrogen and oxygen atoms in total. The largest absolute Gasteiger partial charge is 0.478 e. The summed E-state index contributed by atoms with van der Waals surface area (Å²) in [6, 6.07) is 15.2. The number of nitrogens with zero attached hydrogens (tertiary/aromatic N) is 6. The molecule has 10 heteroatoms. The number of piperidine rings is 1. The first-order valence-electron chi connectivity index (χ1n) is 14.2. The number of fused-ring (bicyclic) bond motifs is 2. The lowest BCUT2D eigenvalue weighted by molar-refractivity contribution is -0.0592. The quantitative estimate of drug-likeness (QED) is 0.284. The molecular formula is C31H32N6O4. The maximum absolute atomic E-state index is 11.6. The van der Waals surface area contributed by atoms with Gasteiger partial charge in [0.25, 0.3) is 0 Å². The number of imidazole rings is 2. The molecular weight excluding hydrogens is 520 g/mol. The molecule has 1 aromatic carbocycles. The molecule has 0 aliphatic carbocycles. The number of carboxylic acids is 1. The fourth-order valence-electron chi connectivity index (χ4n) is 5.86. The van der Waals surface area contributed by atoms with E-state index in [0.717, 1.165) is 72.7 Å². The van der Waals surface area contributed by atoms with Gasteiger partial charge in [-0.25, -0.2) is 19.7 Å². The van der Waals surface area contributed by atoms with Crippen molar-refractivity contribution in [3.05, 3.63) is 89.8 Å². The molecule has 0 spiro atoms. The van der Waals surface area contributed by atoms with Crippen LogP contribution in [0.1, 0.15) is 52.6 Å². The molecule has 7 rings (SSSR count). The van der Waals surface area contributed by atoms with Gasteiger partial charge in [-0.05, 0) is 62.7 Å². The van der Waals surface area contributed by atoms with E-state index in [1.54, 1.807) is 18.3 Å². The molecule has 2 fully saturated rings. The molecule has 1 N–H and O–H groups in total. The molecule has 1 unspecified atom stereocenters. The van der Waals surface area contributed by atoms with Crippen molar-refractivity contribution < 1.29 is 19.4 Å². The van der Waals surface area contributed by atoms with Crippen molar-refractivity contribution in [3.8, 4) is 5.88 Å². The Morgan fingerprint density at radius 3 is 2.73 bits per heavy atom. The van der Waals surface area contributed by atoms with Gasteiger partial charge in [0.15, 0.2) is 0 Å². The smallest absolute Gasteiger partial charge is 0.335 e. The minimum absolute atomic E-state index is 0.151. The van der Waals surface area contributed by atoms with Gasteiger partial charge in [-0.2, -0.15) is 0 Å². The van der Waals surface area contributed by atoms with Crippen LogP contribution in [0.2, 0.25) is 0 Å². The van der Waals surface area contributed by atoms with Crippen molar-refractivity contribution >= 4 is 22.6 Å². The van der Waals surface area contributed by atoms with Crippen LogP contribution in [0.5, 0.6) is 5.88 Å². The highest BCUT2D eigenvalue weighted by molar-refractivity contribution is 5.92. The van der Waals surface area contributed by atoms with Crippen LogP contribution in [0.25, 0.3) is 16.7 Å². The molecule has 1 atom stereocenters. The van der Waals surface area contributed by atoms with Crippen LogP contribution in [-0.4, -0.2) is 65.7 Å². The second kappa shape index (κ2) is 10.9. The zero-order valence-electron chi connectivity index (χ0n) is 22.7. The summed E-state index contributed by atoms with van der Waals surface area (Å²) in [5, 5.41) is 9.51. The van der Waals surface area contributed by atoms with Crippen molar-refractivity contribution in [1.82, 2.24) is 28.8 Å². The van der Waals surface area contributed by atoms with Gasteiger partial charge in [0, 0.05) is 48.4 Å². The first kappa shape index (κ1) is 25.7. The number of pyridine rings is 2. The Morgan fingerprint density at radius 1 is 1.05 bits per heavy atom. The third kappa shape index (κ3) is 5.28. The van der Waals surface area contributed by atoms with Crippen molar-refractivity contribution in [1.29, 1.82) is 0 Å². The van der Waals surface area contributed by atoms with Crippen molar-refractivity contribution in [2.45, 2.75) is 51.0 Å². The van der Waals surface area contributed by atoms with E-state index < -0.39 is 5.97 Å². The molecule has 2 saturated heterocycles. The predicted octanol–water partition coefficient (Wildman–Crippen LogP) is 4.52. The topological polar surface area (TPSA) is 107 Å². The van der Waals surface area contributed by atoms with Crippen molar-refractivity contribution in [3.63, 3.8) is 0 Å². The number of rotatable bonds is 9. The number of hydrogen-bond acceptors (Lipinski definition) is 7. The lowest BCUT2D eigenvalue weighted by atomic mass is 9.93. The van der Waals surface area contributed by atoms with Gasteiger partial charge in [0.1, 0.15) is 18.1 Å². The summed E-state index contributed by atoms with van der Waals surface area (Å²) >= 11 is 0. The Labute approximate surface area is 237 Å². The van der Waals surface area contributed by atoms with Crippen LogP contribution in [-0.2, 0) is 24.4 Å². The number of benzene rings is 1. The number of carbonyl (C=O) groups is 1. The number of aromatic carboxylic acids is 1. The fourth-order valence-corrected chi connectivity index (χ4v) is 5.86. The van der Waals surface area contributed by atoms with E-state index in [9.17, 15) is 9.90 Å². The predicted molar refractivity (Wildman–Crippen MR) is 152 cm³/mol. The number of hydrogen-bond donors (Lipinski definition) is 1.